The fourth-order valence-corrected chi connectivity index (χ4v) is 3.34. The Balaban J connectivity index is 2.12. The second-order valence-electron chi connectivity index (χ2n) is 5.86. The Bertz CT molecular complexity index is 707. The number of carboxylic acids is 1. The van der Waals surface area contributed by atoms with Gasteiger partial charge in [0, 0.05) is 6.07 Å². The first-order valence-electron chi connectivity index (χ1n) is 7.48. The second-order valence-corrected chi connectivity index (χ2v) is 5.86. The number of anilines is 1. The fraction of sp³-hybridized carbons (Fsp3) is 0.400. The maximum atomic E-state index is 11.3. The van der Waals surface area contributed by atoms with E-state index in [1.165, 1.54) is 18.2 Å². The Morgan fingerprint density at radius 1 is 1.17 bits per heavy atom. The minimum absolute atomic E-state index is 0.0266. The molecule has 1 aromatic carbocycles. The summed E-state index contributed by atoms with van der Waals surface area (Å²) in [6.45, 7) is 0. The maximum absolute atomic E-state index is 11.3. The zero-order chi connectivity index (χ0) is 16.6. The molecular weight excluding hydrogens is 298 g/mol. The second kappa shape index (κ2) is 5.45. The molecule has 1 heterocycles. The lowest BCUT2D eigenvalue weighted by Crippen LogP contribution is -2.58. The number of rotatable bonds is 2. The topological polar surface area (TPSA) is 138 Å². The lowest BCUT2D eigenvalue weighted by Gasteiger charge is -2.45. The summed E-state index contributed by atoms with van der Waals surface area (Å²) in [5.41, 5.74) is 11.6. The van der Waals surface area contributed by atoms with Crippen molar-refractivity contribution in [2.24, 2.45) is 21.5 Å². The van der Waals surface area contributed by atoms with Gasteiger partial charge in [0.25, 0.3) is 0 Å². The van der Waals surface area contributed by atoms with E-state index in [0.29, 0.717) is 5.69 Å². The molecule has 0 radical (unpaired) electrons. The molecule has 1 aromatic rings. The average molecular weight is 317 g/mol. The number of carbonyl (C=O) groups is 1. The highest BCUT2D eigenvalue weighted by Gasteiger charge is 2.42. The van der Waals surface area contributed by atoms with E-state index in [-0.39, 0.29) is 23.2 Å². The lowest BCUT2D eigenvalue weighted by molar-refractivity contribution is 0.0696. The first kappa shape index (κ1) is 15.1. The minimum Gasteiger partial charge on any atom is -0.508 e. The summed E-state index contributed by atoms with van der Waals surface area (Å²) in [5.74, 6) is -1.00. The number of phenols is 1. The number of aromatic hydroxyl groups is 1. The molecule has 0 aromatic heterocycles. The van der Waals surface area contributed by atoms with Crippen LogP contribution in [0.5, 0.6) is 5.75 Å². The van der Waals surface area contributed by atoms with Gasteiger partial charge in [-0.15, -0.1) is 0 Å². The standard InChI is InChI=1S/C15H19N5O3/c16-13-18-14(17)20(15(19-13)4-2-1-3-5-15)10-6-9(12(22)23)7-11(21)8-10/h6-8,21H,1-5H2,(H,22,23)(H4,16,17,18,19). The summed E-state index contributed by atoms with van der Waals surface area (Å²) in [6, 6.07) is 4.11. The van der Waals surface area contributed by atoms with Crippen LogP contribution in [0.25, 0.3) is 0 Å². The predicted molar refractivity (Wildman–Crippen MR) is 86.6 cm³/mol. The number of nitrogens with zero attached hydrogens (tertiary/aromatic N) is 3. The number of carboxylic acid groups (broad SMARTS) is 1. The summed E-state index contributed by atoms with van der Waals surface area (Å²) in [4.78, 5) is 21.5. The van der Waals surface area contributed by atoms with E-state index >= 15 is 0 Å². The normalized spacial score (nSPS) is 20.1. The number of hydrogen-bond acceptors (Lipinski definition) is 7. The monoisotopic (exact) mass is 317 g/mol. The van der Waals surface area contributed by atoms with Gasteiger partial charge in [-0.3, -0.25) is 4.90 Å². The lowest BCUT2D eigenvalue weighted by atomic mass is 9.87. The zero-order valence-corrected chi connectivity index (χ0v) is 12.6. The molecule has 0 amide bonds. The van der Waals surface area contributed by atoms with Crippen molar-refractivity contribution < 1.29 is 15.0 Å². The number of nitrogens with two attached hydrogens (primary N) is 2. The van der Waals surface area contributed by atoms with Gasteiger partial charge in [-0.1, -0.05) is 6.42 Å². The number of benzene rings is 1. The Kier molecular flexibility index (Phi) is 3.59. The Morgan fingerprint density at radius 3 is 2.52 bits per heavy atom. The van der Waals surface area contributed by atoms with Crippen molar-refractivity contribution in [3.63, 3.8) is 0 Å². The molecule has 8 nitrogen and oxygen atoms in total. The van der Waals surface area contributed by atoms with Crippen LogP contribution >= 0.6 is 0 Å². The summed E-state index contributed by atoms with van der Waals surface area (Å²) in [7, 11) is 0. The van der Waals surface area contributed by atoms with Crippen molar-refractivity contribution in [3.05, 3.63) is 23.8 Å². The Morgan fingerprint density at radius 2 is 1.87 bits per heavy atom. The Hall–Kier alpha value is -2.77. The predicted octanol–water partition coefficient (Wildman–Crippen LogP) is 1.20. The maximum Gasteiger partial charge on any atom is 0.335 e. The highest BCUT2D eigenvalue weighted by molar-refractivity contribution is 6.06. The molecular formula is C15H19N5O3. The van der Waals surface area contributed by atoms with Crippen molar-refractivity contribution in [2.75, 3.05) is 4.90 Å². The smallest absolute Gasteiger partial charge is 0.335 e. The molecule has 0 bridgehead atoms. The van der Waals surface area contributed by atoms with Crippen LogP contribution < -0.4 is 16.4 Å². The van der Waals surface area contributed by atoms with Crippen LogP contribution in [0.15, 0.2) is 28.2 Å². The van der Waals surface area contributed by atoms with Gasteiger partial charge in [-0.2, -0.15) is 4.99 Å². The fourth-order valence-electron chi connectivity index (χ4n) is 3.34. The SMILES string of the molecule is NC1=NC2(CCCCC2)N(c2cc(O)cc(C(=O)O)c2)C(N)=N1. The van der Waals surface area contributed by atoms with Crippen molar-refractivity contribution in [2.45, 2.75) is 37.8 Å². The van der Waals surface area contributed by atoms with E-state index in [0.717, 1.165) is 32.1 Å². The van der Waals surface area contributed by atoms with Gasteiger partial charge in [-0.25, -0.2) is 9.79 Å². The first-order valence-corrected chi connectivity index (χ1v) is 7.48. The number of hydrogen-bond donors (Lipinski definition) is 4. The summed E-state index contributed by atoms with van der Waals surface area (Å²) < 4.78 is 0. The van der Waals surface area contributed by atoms with Gasteiger partial charge in [0.15, 0.2) is 0 Å². The summed E-state index contributed by atoms with van der Waals surface area (Å²) in [6.07, 6.45) is 4.50. The largest absolute Gasteiger partial charge is 0.508 e. The molecule has 2 aliphatic rings. The van der Waals surface area contributed by atoms with Gasteiger partial charge >= 0.3 is 5.97 Å². The molecule has 6 N–H and O–H groups in total. The number of guanidine groups is 2. The highest BCUT2D eigenvalue weighted by Crippen LogP contribution is 2.40. The number of aromatic carboxylic acids is 1. The van der Waals surface area contributed by atoms with Crippen molar-refractivity contribution in [1.82, 2.24) is 0 Å². The van der Waals surface area contributed by atoms with Crippen LogP contribution in [0.1, 0.15) is 42.5 Å². The van der Waals surface area contributed by atoms with Crippen molar-refractivity contribution >= 4 is 23.6 Å². The molecule has 1 spiro atoms. The molecule has 1 aliphatic carbocycles. The average Bonchev–Trinajstić information content (AvgIpc) is 2.46. The van der Waals surface area contributed by atoms with Crippen LogP contribution in [0.4, 0.5) is 5.69 Å². The Labute approximate surface area is 133 Å². The zero-order valence-electron chi connectivity index (χ0n) is 12.6. The highest BCUT2D eigenvalue weighted by atomic mass is 16.4. The molecule has 0 saturated heterocycles. The van der Waals surface area contributed by atoms with Gasteiger partial charge in [-0.05, 0) is 37.8 Å². The quantitative estimate of drug-likeness (QED) is 0.646. The van der Waals surface area contributed by atoms with E-state index in [1.54, 1.807) is 4.90 Å². The van der Waals surface area contributed by atoms with Gasteiger partial charge in [0.1, 0.15) is 11.4 Å². The minimum atomic E-state index is -1.13. The molecule has 0 atom stereocenters. The molecule has 1 saturated carbocycles. The van der Waals surface area contributed by atoms with E-state index in [4.69, 9.17) is 11.5 Å². The van der Waals surface area contributed by atoms with Gasteiger partial charge < -0.3 is 21.7 Å². The van der Waals surface area contributed by atoms with Gasteiger partial charge in [0.2, 0.25) is 11.9 Å². The van der Waals surface area contributed by atoms with Crippen LogP contribution in [0.3, 0.4) is 0 Å². The van der Waals surface area contributed by atoms with Crippen LogP contribution in [0.2, 0.25) is 0 Å². The number of aliphatic imine (C=N–C) groups is 2. The molecule has 122 valence electrons. The van der Waals surface area contributed by atoms with E-state index in [2.05, 4.69) is 9.98 Å². The molecule has 1 aliphatic heterocycles. The molecule has 3 rings (SSSR count). The van der Waals surface area contributed by atoms with Gasteiger partial charge in [0.05, 0.1) is 11.3 Å². The van der Waals surface area contributed by atoms with Crippen LogP contribution in [-0.2, 0) is 0 Å². The molecule has 1 fully saturated rings. The van der Waals surface area contributed by atoms with E-state index in [1.807, 2.05) is 0 Å². The van der Waals surface area contributed by atoms with Crippen LogP contribution in [-0.4, -0.2) is 33.8 Å². The molecule has 8 heteroatoms. The van der Waals surface area contributed by atoms with E-state index < -0.39 is 11.6 Å². The number of phenolic OH excluding ortho intramolecular Hbond substituents is 1. The van der Waals surface area contributed by atoms with Crippen LogP contribution in [0, 0.1) is 0 Å². The van der Waals surface area contributed by atoms with Crippen molar-refractivity contribution in [3.8, 4) is 5.75 Å². The first-order chi connectivity index (χ1) is 10.9. The van der Waals surface area contributed by atoms with E-state index in [9.17, 15) is 15.0 Å². The van der Waals surface area contributed by atoms with Crippen molar-refractivity contribution in [1.29, 1.82) is 0 Å². The summed E-state index contributed by atoms with van der Waals surface area (Å²) in [5, 5.41) is 19.1. The third-order valence-electron chi connectivity index (χ3n) is 4.26. The third-order valence-corrected chi connectivity index (χ3v) is 4.26. The third kappa shape index (κ3) is 2.67. The molecule has 0 unspecified atom stereocenters. The molecule has 23 heavy (non-hydrogen) atoms. The summed E-state index contributed by atoms with van der Waals surface area (Å²) >= 11 is 0.